The first-order valence-electron chi connectivity index (χ1n) is 20.1. The number of para-hydroxylation sites is 2. The maximum Gasteiger partial charge on any atom is 0.101 e. The van der Waals surface area contributed by atoms with Crippen LogP contribution in [0.15, 0.2) is 164 Å². The van der Waals surface area contributed by atoms with Gasteiger partial charge in [-0.05, 0) is 110 Å². The van der Waals surface area contributed by atoms with Gasteiger partial charge in [0.25, 0.3) is 0 Å². The second-order valence-electron chi connectivity index (χ2n) is 16.9. The summed E-state index contributed by atoms with van der Waals surface area (Å²) in [6, 6.07) is 61.3. The number of fused-ring (bicyclic) bond motifs is 12. The third-order valence-electron chi connectivity index (χ3n) is 12.9. The van der Waals surface area contributed by atoms with Crippen LogP contribution < -0.4 is 4.90 Å². The number of anilines is 3. The molecule has 1 nitrogen and oxygen atoms in total. The molecule has 0 bridgehead atoms. The fourth-order valence-corrected chi connectivity index (χ4v) is 13.7. The van der Waals surface area contributed by atoms with Gasteiger partial charge in [0.15, 0.2) is 0 Å². The zero-order chi connectivity index (χ0) is 38.9. The van der Waals surface area contributed by atoms with Gasteiger partial charge in [0.1, 0.15) is 5.00 Å². The summed E-state index contributed by atoms with van der Waals surface area (Å²) >= 11 is 5.82. The van der Waals surface area contributed by atoms with E-state index in [0.29, 0.717) is 0 Å². The van der Waals surface area contributed by atoms with Crippen LogP contribution in [0.1, 0.15) is 49.9 Å². The molecular weight excluding hydrogens is 759 g/mol. The van der Waals surface area contributed by atoms with Gasteiger partial charge in [-0.2, -0.15) is 0 Å². The predicted molar refractivity (Wildman–Crippen MR) is 253 cm³/mol. The molecule has 2 aliphatic rings. The van der Waals surface area contributed by atoms with Crippen molar-refractivity contribution in [1.82, 2.24) is 0 Å². The summed E-state index contributed by atoms with van der Waals surface area (Å²) in [5, 5.41) is 5.25. The molecule has 0 saturated carbocycles. The molecule has 7 aromatic carbocycles. The minimum atomic E-state index is -0.0474. The molecule has 3 heterocycles. The highest BCUT2D eigenvalue weighted by Crippen LogP contribution is 2.55. The molecule has 58 heavy (non-hydrogen) atoms. The maximum absolute atomic E-state index is 2.49. The molecule has 278 valence electrons. The van der Waals surface area contributed by atoms with E-state index in [1.165, 1.54) is 101 Å². The first kappa shape index (κ1) is 34.3. The van der Waals surface area contributed by atoms with Crippen LogP contribution in [-0.2, 0) is 10.8 Å². The Morgan fingerprint density at radius 3 is 1.24 bits per heavy atom. The topological polar surface area (TPSA) is 3.24 Å². The highest BCUT2D eigenvalue weighted by molar-refractivity contribution is 7.30. The van der Waals surface area contributed by atoms with Gasteiger partial charge in [0, 0.05) is 62.2 Å². The molecule has 10 aromatic rings. The first-order valence-corrected chi connectivity index (χ1v) is 22.5. The van der Waals surface area contributed by atoms with E-state index in [1.54, 1.807) is 0 Å². The van der Waals surface area contributed by atoms with Crippen molar-refractivity contribution in [3.8, 4) is 43.1 Å². The lowest BCUT2D eigenvalue weighted by atomic mass is 9.82. The fourth-order valence-electron chi connectivity index (χ4n) is 9.93. The van der Waals surface area contributed by atoms with Gasteiger partial charge in [-0.15, -0.1) is 34.0 Å². The molecule has 0 radical (unpaired) electrons. The van der Waals surface area contributed by atoms with Crippen molar-refractivity contribution < 1.29 is 0 Å². The summed E-state index contributed by atoms with van der Waals surface area (Å²) in [7, 11) is 0. The largest absolute Gasteiger partial charge is 0.302 e. The summed E-state index contributed by atoms with van der Waals surface area (Å²) in [6.45, 7) is 9.51. The standard InChI is InChI=1S/C54H39NS3/c1-53(2)43-21-13-11-19-36(43)38-25-23-32(27-45(38)53)47-29-40-50-41(30-48(56-50)33-24-26-39-37-20-12-14-22-44(37)54(3,4)46(39)28-33)52-42(51(40)57-47)31-49(58-52)55(34-15-7-5-8-16-34)35-17-9-6-10-18-35/h5-31H,1-4H3. The molecular formula is C54H39NS3. The summed E-state index contributed by atoms with van der Waals surface area (Å²) in [5.74, 6) is 0. The van der Waals surface area contributed by atoms with Gasteiger partial charge < -0.3 is 4.90 Å². The lowest BCUT2D eigenvalue weighted by Gasteiger charge is -2.23. The Labute approximate surface area is 351 Å². The molecule has 12 rings (SSSR count). The van der Waals surface area contributed by atoms with Crippen molar-refractivity contribution in [3.05, 3.63) is 186 Å². The zero-order valence-electron chi connectivity index (χ0n) is 32.8. The van der Waals surface area contributed by atoms with Crippen molar-refractivity contribution in [2.75, 3.05) is 4.90 Å². The monoisotopic (exact) mass is 797 g/mol. The van der Waals surface area contributed by atoms with Gasteiger partial charge in [-0.3, -0.25) is 0 Å². The summed E-state index contributed by atoms with van der Waals surface area (Å²) in [6.07, 6.45) is 0. The second kappa shape index (κ2) is 12.4. The van der Waals surface area contributed by atoms with Crippen molar-refractivity contribution in [3.63, 3.8) is 0 Å². The normalized spacial score (nSPS) is 14.5. The van der Waals surface area contributed by atoms with Crippen molar-refractivity contribution in [2.45, 2.75) is 38.5 Å². The molecule has 0 N–H and O–H groups in total. The molecule has 0 aliphatic heterocycles. The van der Waals surface area contributed by atoms with Gasteiger partial charge >= 0.3 is 0 Å². The van der Waals surface area contributed by atoms with Crippen LogP contribution in [0.4, 0.5) is 16.4 Å². The van der Waals surface area contributed by atoms with Crippen LogP contribution in [0.3, 0.4) is 0 Å². The zero-order valence-corrected chi connectivity index (χ0v) is 35.2. The quantitative estimate of drug-likeness (QED) is 0.168. The van der Waals surface area contributed by atoms with E-state index in [0.717, 1.165) is 11.4 Å². The molecule has 4 heteroatoms. The summed E-state index contributed by atoms with van der Waals surface area (Å²) in [4.78, 5) is 5.06. The van der Waals surface area contributed by atoms with E-state index in [9.17, 15) is 0 Å². The highest BCUT2D eigenvalue weighted by Gasteiger charge is 2.37. The van der Waals surface area contributed by atoms with Crippen LogP contribution in [0.5, 0.6) is 0 Å². The Kier molecular flexibility index (Phi) is 7.31. The molecule has 0 atom stereocenters. The summed E-state index contributed by atoms with van der Waals surface area (Å²) < 4.78 is 4.09. The average Bonchev–Trinajstić information content (AvgIpc) is 4.07. The number of benzene rings is 7. The third kappa shape index (κ3) is 4.86. The SMILES string of the molecule is CC1(C)c2ccccc2-c2ccc(-c3cc4c(s3)c3cc(-c5ccc6c(c5)C(C)(C)c5ccccc5-6)sc3c3cc(N(c5ccccc5)c5ccccc5)sc43)cc21. The Balaban J connectivity index is 1.08. The van der Waals surface area contributed by atoms with Crippen LogP contribution >= 0.6 is 34.0 Å². The molecule has 2 aliphatic carbocycles. The van der Waals surface area contributed by atoms with Crippen molar-refractivity contribution in [2.24, 2.45) is 0 Å². The number of thiophene rings is 3. The Morgan fingerprint density at radius 2 is 0.759 bits per heavy atom. The second-order valence-corrected chi connectivity index (χ2v) is 20.0. The van der Waals surface area contributed by atoms with Crippen LogP contribution in [0, 0.1) is 0 Å². The maximum atomic E-state index is 2.49. The molecule has 0 unspecified atom stereocenters. The minimum Gasteiger partial charge on any atom is -0.302 e. The molecule has 0 spiro atoms. The lowest BCUT2D eigenvalue weighted by Crippen LogP contribution is -2.14. The van der Waals surface area contributed by atoms with E-state index < -0.39 is 0 Å². The Hall–Kier alpha value is -5.78. The van der Waals surface area contributed by atoms with Gasteiger partial charge in [0.05, 0.1) is 0 Å². The van der Waals surface area contributed by atoms with Crippen molar-refractivity contribution >= 4 is 80.6 Å². The van der Waals surface area contributed by atoms with Gasteiger partial charge in [0.2, 0.25) is 0 Å². The molecule has 0 amide bonds. The number of hydrogen-bond donors (Lipinski definition) is 0. The van der Waals surface area contributed by atoms with Crippen LogP contribution in [-0.4, -0.2) is 0 Å². The molecule has 3 aromatic heterocycles. The number of nitrogens with zero attached hydrogens (tertiary/aromatic N) is 1. The van der Waals surface area contributed by atoms with E-state index in [4.69, 9.17) is 0 Å². The molecule has 0 saturated heterocycles. The summed E-state index contributed by atoms with van der Waals surface area (Å²) in [5.41, 5.74) is 15.9. The minimum absolute atomic E-state index is 0.0474. The smallest absolute Gasteiger partial charge is 0.101 e. The van der Waals surface area contributed by atoms with Gasteiger partial charge in [-0.25, -0.2) is 0 Å². The van der Waals surface area contributed by atoms with Crippen molar-refractivity contribution in [1.29, 1.82) is 0 Å². The fraction of sp³-hybridized carbons (Fsp3) is 0.111. The van der Waals surface area contributed by atoms with E-state index in [1.807, 2.05) is 34.0 Å². The third-order valence-corrected chi connectivity index (χ3v) is 16.5. The van der Waals surface area contributed by atoms with Crippen LogP contribution in [0.25, 0.3) is 73.4 Å². The lowest BCUT2D eigenvalue weighted by molar-refractivity contribution is 0.660. The first-order chi connectivity index (χ1) is 28.3. The number of rotatable bonds is 5. The van der Waals surface area contributed by atoms with E-state index in [2.05, 4.69) is 196 Å². The van der Waals surface area contributed by atoms with E-state index >= 15 is 0 Å². The van der Waals surface area contributed by atoms with Crippen LogP contribution in [0.2, 0.25) is 0 Å². The Morgan fingerprint density at radius 1 is 0.362 bits per heavy atom. The highest BCUT2D eigenvalue weighted by atomic mass is 32.1. The molecule has 0 fully saturated rings. The van der Waals surface area contributed by atoms with E-state index in [-0.39, 0.29) is 10.8 Å². The van der Waals surface area contributed by atoms with Gasteiger partial charge in [-0.1, -0.05) is 137 Å². The predicted octanol–water partition coefficient (Wildman–Crippen LogP) is 16.7. The average molecular weight is 798 g/mol. The Bertz CT molecular complexity index is 3070. The number of hydrogen-bond acceptors (Lipinski definition) is 4.